The normalized spacial score (nSPS) is 16.4. The van der Waals surface area contributed by atoms with E-state index < -0.39 is 0 Å². The molecule has 5 heterocycles. The summed E-state index contributed by atoms with van der Waals surface area (Å²) in [6.07, 6.45) is 4.09. The zero-order chi connectivity index (χ0) is 24.6. The van der Waals surface area contributed by atoms with E-state index in [2.05, 4.69) is 32.0 Å². The highest BCUT2D eigenvalue weighted by molar-refractivity contribution is 6.00. The highest BCUT2D eigenvalue weighted by atomic mass is 16.2. The molecule has 0 unspecified atom stereocenters. The van der Waals surface area contributed by atoms with E-state index in [0.717, 1.165) is 36.6 Å². The standard InChI is InChI=1S/C27H29N7O2/c1-30-23-10-12-31(18-20-7-3-2-4-8-20)19-22(23)27(36)34-25(30)21(17-29-34)26(35)33-15-13-32(14-16-33)24-9-5-6-11-28-24/h2-9,11,17H,10,12-16,18-19H2,1H3. The number of carbonyl (C=O) groups is 1. The molecule has 36 heavy (non-hydrogen) atoms. The predicted octanol–water partition coefficient (Wildman–Crippen LogP) is 1.95. The summed E-state index contributed by atoms with van der Waals surface area (Å²) in [6.45, 7) is 4.86. The summed E-state index contributed by atoms with van der Waals surface area (Å²) in [4.78, 5) is 37.7. The monoisotopic (exact) mass is 483 g/mol. The van der Waals surface area contributed by atoms with Crippen molar-refractivity contribution < 1.29 is 4.79 Å². The van der Waals surface area contributed by atoms with Crippen LogP contribution in [0.2, 0.25) is 0 Å². The lowest BCUT2D eigenvalue weighted by Crippen LogP contribution is -2.49. The Balaban J connectivity index is 1.24. The van der Waals surface area contributed by atoms with Crippen molar-refractivity contribution in [2.24, 2.45) is 7.05 Å². The Kier molecular flexibility index (Phi) is 5.77. The average molecular weight is 484 g/mol. The Hall–Kier alpha value is -3.98. The average Bonchev–Trinajstić information content (AvgIpc) is 3.38. The molecule has 0 atom stereocenters. The molecule has 0 N–H and O–H groups in total. The fourth-order valence-corrected chi connectivity index (χ4v) is 5.42. The fraction of sp³-hybridized carbons (Fsp3) is 0.333. The number of nitrogens with zero attached hydrogens (tertiary/aromatic N) is 7. The van der Waals surface area contributed by atoms with Gasteiger partial charge < -0.3 is 14.4 Å². The van der Waals surface area contributed by atoms with Crippen molar-refractivity contribution in [3.8, 4) is 0 Å². The first-order valence-corrected chi connectivity index (χ1v) is 12.4. The molecule has 0 radical (unpaired) electrons. The van der Waals surface area contributed by atoms with Crippen LogP contribution in [0.5, 0.6) is 0 Å². The van der Waals surface area contributed by atoms with Crippen molar-refractivity contribution in [1.29, 1.82) is 0 Å². The van der Waals surface area contributed by atoms with Crippen LogP contribution >= 0.6 is 0 Å². The van der Waals surface area contributed by atoms with E-state index in [-0.39, 0.29) is 11.5 Å². The lowest BCUT2D eigenvalue weighted by atomic mass is 10.1. The predicted molar refractivity (Wildman–Crippen MR) is 137 cm³/mol. The third kappa shape index (κ3) is 3.95. The number of pyridine rings is 1. The summed E-state index contributed by atoms with van der Waals surface area (Å²) in [6, 6.07) is 16.2. The lowest BCUT2D eigenvalue weighted by molar-refractivity contribution is 0.0748. The number of anilines is 1. The first-order valence-electron chi connectivity index (χ1n) is 12.4. The number of aromatic nitrogens is 4. The second-order valence-corrected chi connectivity index (χ2v) is 9.50. The molecule has 184 valence electrons. The first kappa shape index (κ1) is 22.5. The van der Waals surface area contributed by atoms with Crippen molar-refractivity contribution in [2.45, 2.75) is 19.5 Å². The van der Waals surface area contributed by atoms with Gasteiger partial charge in [0, 0.05) is 71.2 Å². The minimum Gasteiger partial charge on any atom is -0.353 e. The Morgan fingerprint density at radius 2 is 1.75 bits per heavy atom. The Labute approximate surface area is 209 Å². The maximum absolute atomic E-state index is 13.5. The van der Waals surface area contributed by atoms with Crippen LogP contribution in [0, 0.1) is 0 Å². The maximum Gasteiger partial charge on any atom is 0.279 e. The topological polar surface area (TPSA) is 79.0 Å². The van der Waals surface area contributed by atoms with Gasteiger partial charge in [-0.05, 0) is 17.7 Å². The summed E-state index contributed by atoms with van der Waals surface area (Å²) >= 11 is 0. The summed E-state index contributed by atoms with van der Waals surface area (Å²) in [7, 11) is 1.94. The van der Waals surface area contributed by atoms with Gasteiger partial charge in [0.25, 0.3) is 11.5 Å². The second-order valence-electron chi connectivity index (χ2n) is 9.50. The molecule has 0 bridgehead atoms. The summed E-state index contributed by atoms with van der Waals surface area (Å²) in [5.74, 6) is 0.845. The smallest absolute Gasteiger partial charge is 0.279 e. The molecule has 0 spiro atoms. The molecule has 4 aromatic rings. The molecule has 1 amide bonds. The van der Waals surface area contributed by atoms with Gasteiger partial charge in [-0.2, -0.15) is 9.61 Å². The number of piperazine rings is 1. The van der Waals surface area contributed by atoms with Crippen LogP contribution in [-0.4, -0.2) is 67.6 Å². The van der Waals surface area contributed by atoms with Crippen molar-refractivity contribution in [3.63, 3.8) is 0 Å². The Morgan fingerprint density at radius 3 is 2.50 bits per heavy atom. The molecule has 1 fully saturated rings. The van der Waals surface area contributed by atoms with Crippen LogP contribution in [-0.2, 0) is 26.6 Å². The van der Waals surface area contributed by atoms with E-state index in [1.807, 2.05) is 52.9 Å². The van der Waals surface area contributed by atoms with Gasteiger partial charge in [0.05, 0.1) is 11.8 Å². The van der Waals surface area contributed by atoms with Crippen LogP contribution in [0.1, 0.15) is 27.2 Å². The maximum atomic E-state index is 13.5. The van der Waals surface area contributed by atoms with Crippen molar-refractivity contribution in [2.75, 3.05) is 37.6 Å². The van der Waals surface area contributed by atoms with E-state index in [4.69, 9.17) is 0 Å². The summed E-state index contributed by atoms with van der Waals surface area (Å²) < 4.78 is 3.41. The molecule has 6 rings (SSSR count). The number of fused-ring (bicyclic) bond motifs is 2. The number of carbonyl (C=O) groups excluding carboxylic acids is 1. The number of rotatable bonds is 4. The van der Waals surface area contributed by atoms with E-state index in [0.29, 0.717) is 43.9 Å². The molecule has 2 aliphatic heterocycles. The van der Waals surface area contributed by atoms with Crippen molar-refractivity contribution in [3.05, 3.63) is 93.7 Å². The van der Waals surface area contributed by atoms with Crippen LogP contribution in [0.15, 0.2) is 65.7 Å². The van der Waals surface area contributed by atoms with Gasteiger partial charge in [-0.25, -0.2) is 4.98 Å². The zero-order valence-corrected chi connectivity index (χ0v) is 20.4. The molecule has 9 nitrogen and oxygen atoms in total. The molecular weight excluding hydrogens is 454 g/mol. The van der Waals surface area contributed by atoms with Crippen LogP contribution in [0.4, 0.5) is 5.82 Å². The largest absolute Gasteiger partial charge is 0.353 e. The van der Waals surface area contributed by atoms with E-state index in [1.165, 1.54) is 10.1 Å². The lowest BCUT2D eigenvalue weighted by Gasteiger charge is -2.35. The molecular formula is C27H29N7O2. The number of amides is 1. The van der Waals surface area contributed by atoms with E-state index in [9.17, 15) is 9.59 Å². The molecule has 9 heteroatoms. The highest BCUT2D eigenvalue weighted by Crippen LogP contribution is 2.22. The van der Waals surface area contributed by atoms with Crippen molar-refractivity contribution >= 4 is 17.4 Å². The van der Waals surface area contributed by atoms with Gasteiger partial charge >= 0.3 is 0 Å². The number of hydrogen-bond donors (Lipinski definition) is 0. The van der Waals surface area contributed by atoms with Gasteiger partial charge in [-0.1, -0.05) is 36.4 Å². The highest BCUT2D eigenvalue weighted by Gasteiger charge is 2.29. The minimum atomic E-state index is -0.130. The van der Waals surface area contributed by atoms with Gasteiger partial charge in [-0.3, -0.25) is 14.5 Å². The minimum absolute atomic E-state index is 0.0814. The summed E-state index contributed by atoms with van der Waals surface area (Å²) in [5.41, 5.74) is 3.91. The van der Waals surface area contributed by atoms with Crippen LogP contribution in [0.3, 0.4) is 0 Å². The van der Waals surface area contributed by atoms with E-state index >= 15 is 0 Å². The first-order chi connectivity index (χ1) is 17.6. The molecule has 2 aliphatic rings. The number of hydrogen-bond acceptors (Lipinski definition) is 6. The van der Waals surface area contributed by atoms with Crippen molar-refractivity contribution in [1.82, 2.24) is 29.0 Å². The SMILES string of the molecule is Cn1c2c(c(=O)n3ncc(C(=O)N4CCN(c5ccccn5)CC4)c13)CN(Cc1ccccc1)CC2. The number of benzene rings is 1. The molecule has 0 aliphatic carbocycles. The molecule has 1 aromatic carbocycles. The third-order valence-corrected chi connectivity index (χ3v) is 7.33. The zero-order valence-electron chi connectivity index (χ0n) is 20.4. The second kappa shape index (κ2) is 9.23. The van der Waals surface area contributed by atoms with Crippen LogP contribution in [0.25, 0.3) is 5.65 Å². The molecule has 3 aromatic heterocycles. The van der Waals surface area contributed by atoms with Crippen LogP contribution < -0.4 is 10.5 Å². The fourth-order valence-electron chi connectivity index (χ4n) is 5.42. The van der Waals surface area contributed by atoms with Gasteiger partial charge in [0.2, 0.25) is 0 Å². The van der Waals surface area contributed by atoms with Gasteiger partial charge in [-0.15, -0.1) is 0 Å². The van der Waals surface area contributed by atoms with Gasteiger partial charge in [0.15, 0.2) is 5.65 Å². The summed E-state index contributed by atoms with van der Waals surface area (Å²) in [5, 5.41) is 4.37. The quantitative estimate of drug-likeness (QED) is 0.442. The Morgan fingerprint density at radius 1 is 0.972 bits per heavy atom. The third-order valence-electron chi connectivity index (χ3n) is 7.33. The Bertz CT molecular complexity index is 1450. The number of aryl methyl sites for hydroxylation is 1. The van der Waals surface area contributed by atoms with E-state index in [1.54, 1.807) is 12.4 Å². The van der Waals surface area contributed by atoms with Gasteiger partial charge in [0.1, 0.15) is 11.4 Å². The molecule has 0 saturated carbocycles. The molecule has 1 saturated heterocycles.